The zero-order valence-electron chi connectivity index (χ0n) is 8.75. The number of nitrogens with one attached hydrogen (secondary N) is 1. The number of hydrogen-bond donors (Lipinski definition) is 2. The Morgan fingerprint density at radius 3 is 2.53 bits per heavy atom. The molecule has 0 heterocycles. The van der Waals surface area contributed by atoms with Crippen molar-refractivity contribution in [3.8, 4) is 0 Å². The van der Waals surface area contributed by atoms with E-state index in [4.69, 9.17) is 5.73 Å². The molecule has 1 aromatic rings. The first-order valence-corrected chi connectivity index (χ1v) is 6.24. The Kier molecular flexibility index (Phi) is 3.78. The summed E-state index contributed by atoms with van der Waals surface area (Å²) in [6.45, 7) is 2.06. The molecule has 1 aliphatic rings. The van der Waals surface area contributed by atoms with Crippen LogP contribution in [0.1, 0.15) is 18.4 Å². The van der Waals surface area contributed by atoms with Crippen molar-refractivity contribution in [2.45, 2.75) is 25.4 Å². The van der Waals surface area contributed by atoms with Crippen LogP contribution in [0.3, 0.4) is 0 Å². The Labute approximate surface area is 99.4 Å². The lowest BCUT2D eigenvalue weighted by Crippen LogP contribution is -2.41. The van der Waals surface area contributed by atoms with E-state index < -0.39 is 0 Å². The fraction of sp³-hybridized carbons (Fsp3) is 0.500. The first-order valence-electron chi connectivity index (χ1n) is 5.45. The summed E-state index contributed by atoms with van der Waals surface area (Å²) in [4.78, 5) is 0. The van der Waals surface area contributed by atoms with E-state index in [2.05, 4.69) is 45.5 Å². The molecule has 0 spiro atoms. The number of benzene rings is 1. The van der Waals surface area contributed by atoms with Crippen molar-refractivity contribution in [2.24, 2.45) is 11.7 Å². The molecule has 3 N–H and O–H groups in total. The van der Waals surface area contributed by atoms with Crippen LogP contribution in [0.5, 0.6) is 0 Å². The minimum Gasteiger partial charge on any atom is -0.328 e. The maximum Gasteiger partial charge on any atom is 0.0205 e. The minimum absolute atomic E-state index is 0.462. The van der Waals surface area contributed by atoms with Crippen LogP contribution in [0.4, 0.5) is 0 Å². The molecule has 0 radical (unpaired) electrons. The first kappa shape index (κ1) is 11.1. The monoisotopic (exact) mass is 268 g/mol. The zero-order chi connectivity index (χ0) is 10.7. The van der Waals surface area contributed by atoms with E-state index in [1.165, 1.54) is 18.4 Å². The highest BCUT2D eigenvalue weighted by Crippen LogP contribution is 2.24. The van der Waals surface area contributed by atoms with Crippen LogP contribution < -0.4 is 11.1 Å². The lowest BCUT2D eigenvalue weighted by atomic mass is 9.81. The molecule has 1 fully saturated rings. The van der Waals surface area contributed by atoms with Crippen molar-refractivity contribution >= 4 is 15.9 Å². The average molecular weight is 269 g/mol. The molecule has 1 aliphatic carbocycles. The quantitative estimate of drug-likeness (QED) is 0.880. The van der Waals surface area contributed by atoms with Gasteiger partial charge in [-0.3, -0.25) is 0 Å². The second kappa shape index (κ2) is 5.10. The molecule has 0 atom stereocenters. The molecule has 0 aliphatic heterocycles. The SMILES string of the molecule is NC1CC(CNCc2ccc(Br)cc2)C1. The topological polar surface area (TPSA) is 38.0 Å². The summed E-state index contributed by atoms with van der Waals surface area (Å²) in [6, 6.07) is 8.91. The minimum atomic E-state index is 0.462. The van der Waals surface area contributed by atoms with Crippen molar-refractivity contribution in [1.29, 1.82) is 0 Å². The fourth-order valence-corrected chi connectivity index (χ4v) is 2.24. The van der Waals surface area contributed by atoms with Gasteiger partial charge in [-0.25, -0.2) is 0 Å². The van der Waals surface area contributed by atoms with Crippen LogP contribution in [0.25, 0.3) is 0 Å². The Balaban J connectivity index is 1.67. The molecule has 0 saturated heterocycles. The van der Waals surface area contributed by atoms with E-state index >= 15 is 0 Å². The van der Waals surface area contributed by atoms with Crippen LogP contribution in [0.15, 0.2) is 28.7 Å². The van der Waals surface area contributed by atoms with Crippen molar-refractivity contribution in [3.05, 3.63) is 34.3 Å². The van der Waals surface area contributed by atoms with E-state index in [0.717, 1.165) is 23.5 Å². The van der Waals surface area contributed by atoms with Crippen molar-refractivity contribution in [3.63, 3.8) is 0 Å². The van der Waals surface area contributed by atoms with Gasteiger partial charge in [0.05, 0.1) is 0 Å². The second-order valence-corrected chi connectivity index (χ2v) is 5.27. The lowest BCUT2D eigenvalue weighted by Gasteiger charge is -2.32. The highest BCUT2D eigenvalue weighted by Gasteiger charge is 2.24. The molecule has 1 aromatic carbocycles. The Morgan fingerprint density at radius 1 is 1.27 bits per heavy atom. The molecule has 0 bridgehead atoms. The van der Waals surface area contributed by atoms with Gasteiger partial charge in [0.2, 0.25) is 0 Å². The van der Waals surface area contributed by atoms with Gasteiger partial charge in [-0.2, -0.15) is 0 Å². The molecule has 2 rings (SSSR count). The summed E-state index contributed by atoms with van der Waals surface area (Å²) in [6.07, 6.45) is 2.38. The smallest absolute Gasteiger partial charge is 0.0205 e. The molecular formula is C12H17BrN2. The Morgan fingerprint density at radius 2 is 1.93 bits per heavy atom. The van der Waals surface area contributed by atoms with Crippen LogP contribution in [0, 0.1) is 5.92 Å². The van der Waals surface area contributed by atoms with Gasteiger partial charge in [-0.1, -0.05) is 28.1 Å². The summed E-state index contributed by atoms with van der Waals surface area (Å²) in [7, 11) is 0. The van der Waals surface area contributed by atoms with Gasteiger partial charge >= 0.3 is 0 Å². The number of hydrogen-bond acceptors (Lipinski definition) is 2. The molecule has 3 heteroatoms. The first-order chi connectivity index (χ1) is 7.24. The summed E-state index contributed by atoms with van der Waals surface area (Å²) < 4.78 is 1.14. The molecule has 1 saturated carbocycles. The Hall–Kier alpha value is -0.380. The van der Waals surface area contributed by atoms with Crippen LogP contribution in [-0.2, 0) is 6.54 Å². The maximum absolute atomic E-state index is 5.74. The molecule has 0 aromatic heterocycles. The number of nitrogens with two attached hydrogens (primary N) is 1. The molecule has 2 nitrogen and oxygen atoms in total. The summed E-state index contributed by atoms with van der Waals surface area (Å²) in [5.41, 5.74) is 7.07. The van der Waals surface area contributed by atoms with Gasteiger partial charge in [0.15, 0.2) is 0 Å². The molecule has 82 valence electrons. The van der Waals surface area contributed by atoms with Crippen molar-refractivity contribution in [1.82, 2.24) is 5.32 Å². The summed E-state index contributed by atoms with van der Waals surface area (Å²) in [5, 5.41) is 3.47. The highest BCUT2D eigenvalue weighted by atomic mass is 79.9. The van der Waals surface area contributed by atoms with E-state index in [0.29, 0.717) is 6.04 Å². The maximum atomic E-state index is 5.74. The average Bonchev–Trinajstić information content (AvgIpc) is 2.18. The van der Waals surface area contributed by atoms with Crippen LogP contribution in [-0.4, -0.2) is 12.6 Å². The lowest BCUT2D eigenvalue weighted by molar-refractivity contribution is 0.256. The number of rotatable bonds is 4. The predicted octanol–water partition coefficient (Wildman–Crippen LogP) is 2.28. The molecular weight excluding hydrogens is 252 g/mol. The normalized spacial score (nSPS) is 24.9. The summed E-state index contributed by atoms with van der Waals surface area (Å²) in [5.74, 6) is 0.801. The van der Waals surface area contributed by atoms with E-state index in [-0.39, 0.29) is 0 Å². The fourth-order valence-electron chi connectivity index (χ4n) is 1.98. The predicted molar refractivity (Wildman–Crippen MR) is 66.5 cm³/mol. The van der Waals surface area contributed by atoms with E-state index in [9.17, 15) is 0 Å². The molecule has 0 amide bonds. The van der Waals surface area contributed by atoms with Gasteiger partial charge in [-0.05, 0) is 43.0 Å². The largest absolute Gasteiger partial charge is 0.328 e. The van der Waals surface area contributed by atoms with Gasteiger partial charge in [-0.15, -0.1) is 0 Å². The van der Waals surface area contributed by atoms with Gasteiger partial charge in [0, 0.05) is 17.1 Å². The summed E-state index contributed by atoms with van der Waals surface area (Å²) >= 11 is 3.43. The van der Waals surface area contributed by atoms with Crippen molar-refractivity contribution in [2.75, 3.05) is 6.54 Å². The molecule has 0 unspecified atom stereocenters. The second-order valence-electron chi connectivity index (χ2n) is 4.35. The third kappa shape index (κ3) is 3.30. The van der Waals surface area contributed by atoms with Gasteiger partial charge < -0.3 is 11.1 Å². The van der Waals surface area contributed by atoms with Crippen LogP contribution in [0.2, 0.25) is 0 Å². The van der Waals surface area contributed by atoms with E-state index in [1.807, 2.05) is 0 Å². The van der Waals surface area contributed by atoms with Crippen molar-refractivity contribution < 1.29 is 0 Å². The standard InChI is InChI=1S/C12H17BrN2/c13-11-3-1-9(2-4-11)7-15-8-10-5-12(14)6-10/h1-4,10,12,15H,5-8,14H2. The highest BCUT2D eigenvalue weighted by molar-refractivity contribution is 9.10. The zero-order valence-corrected chi connectivity index (χ0v) is 10.3. The third-order valence-corrected chi connectivity index (χ3v) is 3.48. The number of halogens is 1. The van der Waals surface area contributed by atoms with Gasteiger partial charge in [0.1, 0.15) is 0 Å². The molecule has 15 heavy (non-hydrogen) atoms. The van der Waals surface area contributed by atoms with Gasteiger partial charge in [0.25, 0.3) is 0 Å². The third-order valence-electron chi connectivity index (χ3n) is 2.95. The van der Waals surface area contributed by atoms with Crippen LogP contribution >= 0.6 is 15.9 Å². The van der Waals surface area contributed by atoms with E-state index in [1.54, 1.807) is 0 Å². The Bertz CT molecular complexity index is 304.